The molecule has 21 heavy (non-hydrogen) atoms. The fourth-order valence-corrected chi connectivity index (χ4v) is 3.96. The number of halogens is 2. The number of benzene rings is 1. The zero-order valence-electron chi connectivity index (χ0n) is 11.6. The molecule has 112 valence electrons. The van der Waals surface area contributed by atoms with Crippen LogP contribution in [0.5, 0.6) is 0 Å². The van der Waals surface area contributed by atoms with Gasteiger partial charge in [-0.15, -0.1) is 11.3 Å². The van der Waals surface area contributed by atoms with E-state index in [0.717, 1.165) is 36.0 Å². The Morgan fingerprint density at radius 2 is 2.05 bits per heavy atom. The minimum atomic E-state index is -0.204. The quantitative estimate of drug-likeness (QED) is 0.926. The molecule has 2 N–H and O–H groups in total. The number of thiophene rings is 1. The van der Waals surface area contributed by atoms with E-state index in [2.05, 4.69) is 10.3 Å². The maximum atomic E-state index is 13.0. The zero-order chi connectivity index (χ0) is 14.8. The second-order valence-corrected chi connectivity index (χ2v) is 7.25. The van der Waals surface area contributed by atoms with E-state index < -0.39 is 0 Å². The molecule has 2 aromatic rings. The van der Waals surface area contributed by atoms with E-state index in [1.165, 1.54) is 17.7 Å². The first-order chi connectivity index (χ1) is 10.1. The molecule has 5 heteroatoms. The molecule has 1 fully saturated rings. The van der Waals surface area contributed by atoms with E-state index in [0.29, 0.717) is 5.92 Å². The van der Waals surface area contributed by atoms with Crippen LogP contribution in [-0.2, 0) is 6.42 Å². The first-order valence-electron chi connectivity index (χ1n) is 7.09. The fourth-order valence-electron chi connectivity index (χ4n) is 3.04. The van der Waals surface area contributed by atoms with E-state index in [-0.39, 0.29) is 11.9 Å². The number of anilines is 1. The van der Waals surface area contributed by atoms with Crippen molar-refractivity contribution < 1.29 is 4.39 Å². The summed E-state index contributed by atoms with van der Waals surface area (Å²) in [7, 11) is 0. The predicted octanol–water partition coefficient (Wildman–Crippen LogP) is 3.94. The van der Waals surface area contributed by atoms with Gasteiger partial charge in [0.1, 0.15) is 5.82 Å². The smallest absolute Gasteiger partial charge is 0.123 e. The van der Waals surface area contributed by atoms with Crippen LogP contribution < -0.4 is 10.6 Å². The Morgan fingerprint density at radius 1 is 1.29 bits per heavy atom. The van der Waals surface area contributed by atoms with Gasteiger partial charge >= 0.3 is 0 Å². The topological polar surface area (TPSA) is 29.3 Å². The lowest BCUT2D eigenvalue weighted by Crippen LogP contribution is -2.47. The first-order valence-corrected chi connectivity index (χ1v) is 8.35. The minimum Gasteiger partial charge on any atom is -0.370 e. The normalized spacial score (nSPS) is 22.5. The van der Waals surface area contributed by atoms with Gasteiger partial charge in [-0.05, 0) is 60.0 Å². The number of rotatable bonds is 3. The number of nitrogens with zero attached hydrogens (tertiary/aromatic N) is 1. The summed E-state index contributed by atoms with van der Waals surface area (Å²) < 4.78 is 13.9. The van der Waals surface area contributed by atoms with Crippen LogP contribution >= 0.6 is 22.9 Å². The molecule has 1 aromatic heterocycles. The van der Waals surface area contributed by atoms with Crippen LogP contribution in [0.1, 0.15) is 12.0 Å². The highest BCUT2D eigenvalue weighted by Crippen LogP contribution is 2.28. The molecule has 1 aliphatic heterocycles. The van der Waals surface area contributed by atoms with E-state index in [1.54, 1.807) is 11.3 Å². The summed E-state index contributed by atoms with van der Waals surface area (Å²) >= 11 is 7.57. The molecule has 3 rings (SSSR count). The number of nitrogens with two attached hydrogens (primary N) is 1. The Bertz CT molecular complexity index is 599. The van der Waals surface area contributed by atoms with Crippen LogP contribution in [0.25, 0.3) is 0 Å². The average molecular weight is 325 g/mol. The van der Waals surface area contributed by atoms with E-state index in [4.69, 9.17) is 17.3 Å². The highest BCUT2D eigenvalue weighted by atomic mass is 35.5. The summed E-state index contributed by atoms with van der Waals surface area (Å²) in [6.07, 6.45) is 2.01. The second-order valence-electron chi connectivity index (χ2n) is 5.71. The molecule has 2 atom stereocenters. The number of hydrogen-bond donors (Lipinski definition) is 1. The van der Waals surface area contributed by atoms with Crippen molar-refractivity contribution in [1.82, 2.24) is 0 Å². The molecule has 1 aromatic carbocycles. The molecule has 2 nitrogen and oxygen atoms in total. The van der Waals surface area contributed by atoms with E-state index in [1.807, 2.05) is 18.2 Å². The van der Waals surface area contributed by atoms with Gasteiger partial charge in [-0.3, -0.25) is 0 Å². The van der Waals surface area contributed by atoms with Crippen molar-refractivity contribution in [1.29, 1.82) is 0 Å². The Labute approximate surface area is 133 Å². The maximum absolute atomic E-state index is 13.0. The highest BCUT2D eigenvalue weighted by molar-refractivity contribution is 7.14. The third-order valence-corrected chi connectivity index (χ3v) is 5.05. The van der Waals surface area contributed by atoms with Crippen molar-refractivity contribution in [3.63, 3.8) is 0 Å². The van der Waals surface area contributed by atoms with Crippen molar-refractivity contribution in [3.05, 3.63) is 51.4 Å². The monoisotopic (exact) mass is 324 g/mol. The number of hydrogen-bond acceptors (Lipinski definition) is 3. The van der Waals surface area contributed by atoms with Crippen LogP contribution in [0, 0.1) is 11.7 Å². The van der Waals surface area contributed by atoms with E-state index in [9.17, 15) is 4.39 Å². The molecule has 2 unspecified atom stereocenters. The highest BCUT2D eigenvalue weighted by Gasteiger charge is 2.25. The molecule has 0 spiro atoms. The van der Waals surface area contributed by atoms with Crippen LogP contribution in [0.4, 0.5) is 10.1 Å². The van der Waals surface area contributed by atoms with Gasteiger partial charge in [0.05, 0.1) is 4.34 Å². The Kier molecular flexibility index (Phi) is 4.48. The lowest BCUT2D eigenvalue weighted by atomic mass is 9.89. The van der Waals surface area contributed by atoms with E-state index >= 15 is 0 Å². The van der Waals surface area contributed by atoms with Crippen LogP contribution in [0.15, 0.2) is 35.7 Å². The standard InChI is InChI=1S/C16H18ClFN2S/c17-16-7-12(10-21-16)5-11-6-14(19)9-20(8-11)15-3-1-13(18)2-4-15/h1-4,7,10-11,14H,5-6,8-9,19H2. The third kappa shape index (κ3) is 3.76. The van der Waals surface area contributed by atoms with Gasteiger partial charge in [0.2, 0.25) is 0 Å². The molecule has 1 aliphatic rings. The molecule has 2 heterocycles. The Balaban J connectivity index is 1.70. The van der Waals surface area contributed by atoms with Crippen molar-refractivity contribution >= 4 is 28.6 Å². The molecular formula is C16H18ClFN2S. The van der Waals surface area contributed by atoms with Gasteiger partial charge in [-0.25, -0.2) is 4.39 Å². The van der Waals surface area contributed by atoms with Crippen LogP contribution in [-0.4, -0.2) is 19.1 Å². The SMILES string of the molecule is NC1CC(Cc2csc(Cl)c2)CN(c2ccc(F)cc2)C1. The van der Waals surface area contributed by atoms with Gasteiger partial charge in [-0.1, -0.05) is 11.6 Å². The molecule has 0 aliphatic carbocycles. The average Bonchev–Trinajstić information content (AvgIpc) is 2.84. The molecule has 0 amide bonds. The van der Waals surface area contributed by atoms with Gasteiger partial charge in [0, 0.05) is 24.8 Å². The first kappa shape index (κ1) is 14.8. The van der Waals surface area contributed by atoms with Gasteiger partial charge in [0.15, 0.2) is 0 Å². The fraction of sp³-hybridized carbons (Fsp3) is 0.375. The third-order valence-electron chi connectivity index (χ3n) is 3.91. The predicted molar refractivity (Wildman–Crippen MR) is 87.7 cm³/mol. The summed E-state index contributed by atoms with van der Waals surface area (Å²) in [5.41, 5.74) is 8.52. The molecule has 0 radical (unpaired) electrons. The zero-order valence-corrected chi connectivity index (χ0v) is 13.2. The van der Waals surface area contributed by atoms with Crippen molar-refractivity contribution in [3.8, 4) is 0 Å². The summed E-state index contributed by atoms with van der Waals surface area (Å²) in [5.74, 6) is 0.300. The van der Waals surface area contributed by atoms with Crippen molar-refractivity contribution in [2.75, 3.05) is 18.0 Å². The minimum absolute atomic E-state index is 0.155. The second kappa shape index (κ2) is 6.34. The lowest BCUT2D eigenvalue weighted by molar-refractivity contribution is 0.375. The van der Waals surface area contributed by atoms with Gasteiger partial charge < -0.3 is 10.6 Å². The molecule has 0 bridgehead atoms. The maximum Gasteiger partial charge on any atom is 0.123 e. The Morgan fingerprint density at radius 3 is 2.71 bits per heavy atom. The number of piperidine rings is 1. The van der Waals surface area contributed by atoms with Gasteiger partial charge in [0.25, 0.3) is 0 Å². The molecule has 1 saturated heterocycles. The van der Waals surface area contributed by atoms with Gasteiger partial charge in [-0.2, -0.15) is 0 Å². The summed E-state index contributed by atoms with van der Waals surface area (Å²) in [5, 5.41) is 2.12. The summed E-state index contributed by atoms with van der Waals surface area (Å²) in [6, 6.07) is 8.85. The van der Waals surface area contributed by atoms with Crippen molar-refractivity contribution in [2.45, 2.75) is 18.9 Å². The molecule has 0 saturated carbocycles. The van der Waals surface area contributed by atoms with Crippen molar-refractivity contribution in [2.24, 2.45) is 11.7 Å². The summed E-state index contributed by atoms with van der Waals surface area (Å²) in [6.45, 7) is 1.78. The van der Waals surface area contributed by atoms with Crippen LogP contribution in [0.3, 0.4) is 0 Å². The van der Waals surface area contributed by atoms with Crippen LogP contribution in [0.2, 0.25) is 4.34 Å². The molecular weight excluding hydrogens is 307 g/mol. The summed E-state index contributed by atoms with van der Waals surface area (Å²) in [4.78, 5) is 2.26. The lowest BCUT2D eigenvalue weighted by Gasteiger charge is -2.38. The Hall–Kier alpha value is -1.10. The largest absolute Gasteiger partial charge is 0.370 e.